The Bertz CT molecular complexity index is 607. The fraction of sp³-hybridized carbons (Fsp3) is 0.500. The Hall–Kier alpha value is -2.37. The van der Waals surface area contributed by atoms with Gasteiger partial charge < -0.3 is 9.64 Å². The molecule has 0 N–H and O–H groups in total. The Morgan fingerprint density at radius 2 is 1.88 bits per heavy atom. The van der Waals surface area contributed by atoms with Gasteiger partial charge in [-0.3, -0.25) is 9.59 Å². The molecule has 0 saturated carbocycles. The third-order valence-electron chi connectivity index (χ3n) is 4.83. The fourth-order valence-electron chi connectivity index (χ4n) is 3.52. The van der Waals surface area contributed by atoms with Gasteiger partial charge in [0.1, 0.15) is 0 Å². The second kappa shape index (κ2) is 7.03. The van der Waals surface area contributed by atoms with Crippen molar-refractivity contribution in [1.29, 1.82) is 0 Å². The first-order valence-corrected chi connectivity index (χ1v) is 8.44. The predicted octanol–water partition coefficient (Wildman–Crippen LogP) is 2.15. The van der Waals surface area contributed by atoms with Crippen LogP contribution in [0.2, 0.25) is 0 Å². The molecule has 0 unspecified atom stereocenters. The van der Waals surface area contributed by atoms with Crippen molar-refractivity contribution in [2.75, 3.05) is 19.7 Å². The highest BCUT2D eigenvalue weighted by Crippen LogP contribution is 2.26. The number of benzene rings is 1. The van der Waals surface area contributed by atoms with E-state index in [0.717, 1.165) is 12.0 Å². The zero-order chi connectivity index (χ0) is 17.1. The van der Waals surface area contributed by atoms with Crippen molar-refractivity contribution in [2.24, 2.45) is 0 Å². The predicted molar refractivity (Wildman–Crippen MR) is 87.3 cm³/mol. The number of piperidine rings is 1. The first-order valence-electron chi connectivity index (χ1n) is 8.44. The summed E-state index contributed by atoms with van der Waals surface area (Å²) in [5, 5.41) is 0. The molecule has 0 spiro atoms. The molecule has 2 fully saturated rings. The highest BCUT2D eigenvalue weighted by Gasteiger charge is 2.39. The summed E-state index contributed by atoms with van der Waals surface area (Å²) in [5.74, 6) is -0.292. The Kier molecular flexibility index (Phi) is 4.83. The number of imide groups is 1. The molecule has 3 amide bonds. The molecule has 0 bridgehead atoms. The van der Waals surface area contributed by atoms with Crippen molar-refractivity contribution in [3.05, 3.63) is 35.9 Å². The summed E-state index contributed by atoms with van der Waals surface area (Å²) in [5.41, 5.74) is 1.03. The van der Waals surface area contributed by atoms with Crippen LogP contribution >= 0.6 is 0 Å². The lowest BCUT2D eigenvalue weighted by molar-refractivity contribution is -0.135. The molecule has 24 heavy (non-hydrogen) atoms. The van der Waals surface area contributed by atoms with Crippen LogP contribution in [-0.4, -0.2) is 53.4 Å². The minimum Gasteiger partial charge on any atom is -0.439 e. The van der Waals surface area contributed by atoms with E-state index in [-0.39, 0.29) is 30.4 Å². The van der Waals surface area contributed by atoms with Gasteiger partial charge in [0.2, 0.25) is 5.91 Å². The standard InChI is InChI=1S/C18H22N2O4/c1-2-15(13-6-4-3-5-7-13)17(22)19-10-8-14(9-11-19)20-16(21)12-24-18(20)23/h3-7,14-15H,2,8-12H2,1H3/t15-/m1/s1. The topological polar surface area (TPSA) is 66.9 Å². The van der Waals surface area contributed by atoms with Crippen LogP contribution in [0.15, 0.2) is 30.3 Å². The molecule has 2 aliphatic heterocycles. The fourth-order valence-corrected chi connectivity index (χ4v) is 3.52. The lowest BCUT2D eigenvalue weighted by Crippen LogP contribution is -2.49. The summed E-state index contributed by atoms with van der Waals surface area (Å²) in [6.07, 6.45) is 1.41. The maximum absolute atomic E-state index is 12.8. The number of cyclic esters (lactones) is 1. The van der Waals surface area contributed by atoms with Crippen LogP contribution < -0.4 is 0 Å². The molecular formula is C18H22N2O4. The van der Waals surface area contributed by atoms with Gasteiger partial charge in [0.05, 0.1) is 5.92 Å². The Morgan fingerprint density at radius 1 is 1.21 bits per heavy atom. The van der Waals surface area contributed by atoms with Gasteiger partial charge in [-0.15, -0.1) is 0 Å². The number of ether oxygens (including phenoxy) is 1. The number of carbonyl (C=O) groups is 3. The average molecular weight is 330 g/mol. The summed E-state index contributed by atoms with van der Waals surface area (Å²) < 4.78 is 4.78. The third kappa shape index (κ3) is 3.13. The second-order valence-electron chi connectivity index (χ2n) is 6.25. The van der Waals surface area contributed by atoms with Crippen molar-refractivity contribution < 1.29 is 19.1 Å². The quantitative estimate of drug-likeness (QED) is 0.848. The first kappa shape index (κ1) is 16.5. The molecule has 128 valence electrons. The van der Waals surface area contributed by atoms with Crippen LogP contribution in [-0.2, 0) is 14.3 Å². The van der Waals surface area contributed by atoms with E-state index < -0.39 is 6.09 Å². The molecule has 0 aliphatic carbocycles. The van der Waals surface area contributed by atoms with E-state index >= 15 is 0 Å². The number of likely N-dealkylation sites (tertiary alicyclic amines) is 1. The SMILES string of the molecule is CC[C@@H](C(=O)N1CCC(N2C(=O)COC2=O)CC1)c1ccccc1. The highest BCUT2D eigenvalue weighted by molar-refractivity contribution is 5.98. The minimum absolute atomic E-state index is 0.123. The third-order valence-corrected chi connectivity index (χ3v) is 4.83. The van der Waals surface area contributed by atoms with Crippen LogP contribution in [0.25, 0.3) is 0 Å². The van der Waals surface area contributed by atoms with E-state index in [1.165, 1.54) is 4.90 Å². The zero-order valence-corrected chi connectivity index (χ0v) is 13.8. The van der Waals surface area contributed by atoms with Crippen LogP contribution in [0.1, 0.15) is 37.7 Å². The molecule has 1 aromatic rings. The normalized spacial score (nSPS) is 20.2. The molecule has 6 nitrogen and oxygen atoms in total. The molecule has 2 aliphatic rings. The van der Waals surface area contributed by atoms with Gasteiger partial charge >= 0.3 is 6.09 Å². The lowest BCUT2D eigenvalue weighted by Gasteiger charge is -2.36. The molecule has 6 heteroatoms. The summed E-state index contributed by atoms with van der Waals surface area (Å²) >= 11 is 0. The Labute approximate surface area is 141 Å². The van der Waals surface area contributed by atoms with Crippen molar-refractivity contribution in [1.82, 2.24) is 9.80 Å². The van der Waals surface area contributed by atoms with Gasteiger partial charge in [0.15, 0.2) is 6.61 Å². The van der Waals surface area contributed by atoms with Gasteiger partial charge in [-0.2, -0.15) is 0 Å². The van der Waals surface area contributed by atoms with Gasteiger partial charge in [0.25, 0.3) is 5.91 Å². The van der Waals surface area contributed by atoms with Gasteiger partial charge in [0, 0.05) is 19.1 Å². The summed E-state index contributed by atoms with van der Waals surface area (Å²) in [6, 6.07) is 9.64. The smallest absolute Gasteiger partial charge is 0.417 e. The summed E-state index contributed by atoms with van der Waals surface area (Å²) in [4.78, 5) is 39.3. The van der Waals surface area contributed by atoms with E-state index in [9.17, 15) is 14.4 Å². The second-order valence-corrected chi connectivity index (χ2v) is 6.25. The first-order chi connectivity index (χ1) is 11.6. The van der Waals surface area contributed by atoms with Crippen molar-refractivity contribution >= 4 is 17.9 Å². The van der Waals surface area contributed by atoms with E-state index in [2.05, 4.69) is 0 Å². The number of carbonyl (C=O) groups excluding carboxylic acids is 3. The number of amides is 3. The molecule has 2 saturated heterocycles. The zero-order valence-electron chi connectivity index (χ0n) is 13.8. The average Bonchev–Trinajstić information content (AvgIpc) is 2.95. The van der Waals surface area contributed by atoms with Crippen LogP contribution in [0.4, 0.5) is 4.79 Å². The molecule has 0 radical (unpaired) electrons. The van der Waals surface area contributed by atoms with Gasteiger partial charge in [-0.25, -0.2) is 9.69 Å². The van der Waals surface area contributed by atoms with Crippen molar-refractivity contribution in [3.8, 4) is 0 Å². The molecule has 0 aromatic heterocycles. The Morgan fingerprint density at radius 3 is 2.42 bits per heavy atom. The van der Waals surface area contributed by atoms with Crippen LogP contribution in [0.5, 0.6) is 0 Å². The number of hydrogen-bond acceptors (Lipinski definition) is 4. The van der Waals surface area contributed by atoms with Crippen LogP contribution in [0.3, 0.4) is 0 Å². The van der Waals surface area contributed by atoms with E-state index in [1.807, 2.05) is 42.2 Å². The molecular weight excluding hydrogens is 308 g/mol. The summed E-state index contributed by atoms with van der Waals surface area (Å²) in [7, 11) is 0. The van der Waals surface area contributed by atoms with E-state index in [4.69, 9.17) is 4.74 Å². The van der Waals surface area contributed by atoms with Crippen LogP contribution in [0, 0.1) is 0 Å². The molecule has 2 heterocycles. The van der Waals surface area contributed by atoms with Crippen molar-refractivity contribution in [2.45, 2.75) is 38.1 Å². The van der Waals surface area contributed by atoms with Gasteiger partial charge in [-0.1, -0.05) is 37.3 Å². The number of rotatable bonds is 4. The maximum Gasteiger partial charge on any atom is 0.417 e. The van der Waals surface area contributed by atoms with E-state index in [1.54, 1.807) is 0 Å². The number of nitrogens with zero attached hydrogens (tertiary/aromatic N) is 2. The highest BCUT2D eigenvalue weighted by atomic mass is 16.6. The number of hydrogen-bond donors (Lipinski definition) is 0. The van der Waals surface area contributed by atoms with Gasteiger partial charge in [-0.05, 0) is 24.8 Å². The monoisotopic (exact) mass is 330 g/mol. The minimum atomic E-state index is -0.555. The van der Waals surface area contributed by atoms with E-state index in [0.29, 0.717) is 25.9 Å². The lowest BCUT2D eigenvalue weighted by atomic mass is 9.93. The maximum atomic E-state index is 12.8. The molecule has 1 aromatic carbocycles. The van der Waals surface area contributed by atoms with Crippen molar-refractivity contribution in [3.63, 3.8) is 0 Å². The molecule has 3 rings (SSSR count). The molecule has 1 atom stereocenters. The largest absolute Gasteiger partial charge is 0.439 e. The Balaban J connectivity index is 1.62. The summed E-state index contributed by atoms with van der Waals surface area (Å²) in [6.45, 7) is 2.97.